The molecule has 0 unspecified atom stereocenters. The highest BCUT2D eigenvalue weighted by atomic mass is 35.5. The van der Waals surface area contributed by atoms with Crippen LogP contribution in [-0.4, -0.2) is 17.7 Å². The molecule has 116 valence electrons. The van der Waals surface area contributed by atoms with Gasteiger partial charge in [0.05, 0.1) is 6.61 Å². The van der Waals surface area contributed by atoms with Crippen LogP contribution in [0.1, 0.15) is 18.4 Å². The van der Waals surface area contributed by atoms with Crippen LogP contribution in [0.15, 0.2) is 48.5 Å². The highest BCUT2D eigenvalue weighted by Crippen LogP contribution is 2.22. The van der Waals surface area contributed by atoms with Crippen molar-refractivity contribution in [2.75, 3.05) is 6.61 Å². The first-order valence-corrected chi connectivity index (χ1v) is 7.42. The van der Waals surface area contributed by atoms with Gasteiger partial charge in [0.1, 0.15) is 0 Å². The van der Waals surface area contributed by atoms with E-state index >= 15 is 0 Å². The molecular formula is C17H18ClNO3. The van der Waals surface area contributed by atoms with Gasteiger partial charge in [0.25, 0.3) is 0 Å². The molecule has 2 N–H and O–H groups in total. The van der Waals surface area contributed by atoms with E-state index in [-0.39, 0.29) is 6.42 Å². The molecule has 0 fully saturated rings. The summed E-state index contributed by atoms with van der Waals surface area (Å²) in [6, 6.07) is 15.8. The maximum absolute atomic E-state index is 10.8. The van der Waals surface area contributed by atoms with Crippen molar-refractivity contribution in [3.05, 3.63) is 59.1 Å². The van der Waals surface area contributed by atoms with Crippen LogP contribution in [0.3, 0.4) is 0 Å². The lowest BCUT2D eigenvalue weighted by atomic mass is 10.0. The van der Waals surface area contributed by atoms with Crippen molar-refractivity contribution < 1.29 is 14.7 Å². The molecule has 2 rings (SSSR count). The van der Waals surface area contributed by atoms with Gasteiger partial charge in [-0.15, -0.1) is 0 Å². The van der Waals surface area contributed by atoms with Gasteiger partial charge in [-0.25, -0.2) is 5.48 Å². The lowest BCUT2D eigenvalue weighted by Crippen LogP contribution is -2.18. The largest absolute Gasteiger partial charge is 0.377 e. The third-order valence-corrected chi connectivity index (χ3v) is 3.47. The Morgan fingerprint density at radius 2 is 1.64 bits per heavy atom. The Kier molecular flexibility index (Phi) is 6.40. The molecule has 0 aliphatic rings. The summed E-state index contributed by atoms with van der Waals surface area (Å²) in [6.45, 7) is 0.980. The van der Waals surface area contributed by atoms with Gasteiger partial charge >= 0.3 is 0 Å². The number of amides is 1. The van der Waals surface area contributed by atoms with Crippen LogP contribution in [0, 0.1) is 0 Å². The van der Waals surface area contributed by atoms with Crippen LogP contribution in [0.25, 0.3) is 11.1 Å². The molecule has 0 bridgehead atoms. The van der Waals surface area contributed by atoms with Crippen molar-refractivity contribution in [2.24, 2.45) is 0 Å². The first-order chi connectivity index (χ1) is 10.7. The summed E-state index contributed by atoms with van der Waals surface area (Å²) < 4.78 is 5.50. The van der Waals surface area contributed by atoms with E-state index in [4.69, 9.17) is 21.5 Å². The average Bonchev–Trinajstić information content (AvgIpc) is 2.55. The molecule has 1 amide bonds. The third-order valence-electron chi connectivity index (χ3n) is 3.22. The number of rotatable bonds is 7. The zero-order valence-electron chi connectivity index (χ0n) is 12.1. The Balaban J connectivity index is 1.79. The van der Waals surface area contributed by atoms with Gasteiger partial charge in [-0.05, 0) is 35.2 Å². The second-order valence-electron chi connectivity index (χ2n) is 4.89. The fourth-order valence-electron chi connectivity index (χ4n) is 2.02. The maximum atomic E-state index is 10.8. The highest BCUT2D eigenvalue weighted by molar-refractivity contribution is 6.30. The molecule has 2 aromatic rings. The number of nitrogens with one attached hydrogen (secondary N) is 1. The molecule has 4 nitrogen and oxygen atoms in total. The smallest absolute Gasteiger partial charge is 0.243 e. The van der Waals surface area contributed by atoms with Crippen molar-refractivity contribution in [3.63, 3.8) is 0 Å². The number of carbonyl (C=O) groups excluding carboxylic acids is 1. The van der Waals surface area contributed by atoms with Crippen molar-refractivity contribution in [2.45, 2.75) is 19.4 Å². The quantitative estimate of drug-likeness (QED) is 0.463. The molecule has 0 aliphatic heterocycles. The monoisotopic (exact) mass is 319 g/mol. The Morgan fingerprint density at radius 3 is 2.23 bits per heavy atom. The minimum atomic E-state index is -0.393. The van der Waals surface area contributed by atoms with Crippen LogP contribution >= 0.6 is 11.6 Å². The van der Waals surface area contributed by atoms with Gasteiger partial charge in [0.2, 0.25) is 5.91 Å². The number of hydrogen-bond donors (Lipinski definition) is 2. The maximum Gasteiger partial charge on any atom is 0.243 e. The van der Waals surface area contributed by atoms with E-state index in [0.29, 0.717) is 19.6 Å². The van der Waals surface area contributed by atoms with Gasteiger partial charge in [-0.2, -0.15) is 0 Å². The van der Waals surface area contributed by atoms with Crippen molar-refractivity contribution in [1.29, 1.82) is 0 Å². The minimum absolute atomic E-state index is 0.256. The predicted octanol–water partition coefficient (Wildman–Crippen LogP) is 3.81. The second-order valence-corrected chi connectivity index (χ2v) is 5.33. The van der Waals surface area contributed by atoms with Crippen molar-refractivity contribution in [3.8, 4) is 11.1 Å². The van der Waals surface area contributed by atoms with E-state index in [1.54, 1.807) is 5.48 Å². The van der Waals surface area contributed by atoms with E-state index in [1.807, 2.05) is 48.5 Å². The number of hydroxylamine groups is 1. The van der Waals surface area contributed by atoms with Gasteiger partial charge in [-0.3, -0.25) is 10.0 Å². The van der Waals surface area contributed by atoms with E-state index in [1.165, 1.54) is 0 Å². The first-order valence-electron chi connectivity index (χ1n) is 7.04. The molecule has 0 saturated carbocycles. The van der Waals surface area contributed by atoms with Crippen molar-refractivity contribution >= 4 is 17.5 Å². The fraction of sp³-hybridized carbons (Fsp3) is 0.235. The Morgan fingerprint density at radius 1 is 1.05 bits per heavy atom. The summed E-state index contributed by atoms with van der Waals surface area (Å²) >= 11 is 5.88. The molecule has 22 heavy (non-hydrogen) atoms. The Bertz CT molecular complexity index is 596. The van der Waals surface area contributed by atoms with Crippen LogP contribution < -0.4 is 5.48 Å². The summed E-state index contributed by atoms with van der Waals surface area (Å²) in [5.41, 5.74) is 4.91. The van der Waals surface area contributed by atoms with Gasteiger partial charge in [0, 0.05) is 18.1 Å². The van der Waals surface area contributed by atoms with E-state index in [0.717, 1.165) is 21.7 Å². The molecule has 0 radical (unpaired) electrons. The van der Waals surface area contributed by atoms with Gasteiger partial charge in [-0.1, -0.05) is 48.0 Å². The molecule has 0 saturated heterocycles. The van der Waals surface area contributed by atoms with Gasteiger partial charge < -0.3 is 4.74 Å². The molecular weight excluding hydrogens is 302 g/mol. The van der Waals surface area contributed by atoms with Crippen LogP contribution in [0.2, 0.25) is 5.02 Å². The minimum Gasteiger partial charge on any atom is -0.377 e. The van der Waals surface area contributed by atoms with E-state index in [2.05, 4.69) is 0 Å². The lowest BCUT2D eigenvalue weighted by Gasteiger charge is -2.06. The number of benzene rings is 2. The number of halogens is 1. The predicted molar refractivity (Wildman–Crippen MR) is 85.7 cm³/mol. The fourth-order valence-corrected chi connectivity index (χ4v) is 2.14. The van der Waals surface area contributed by atoms with Crippen LogP contribution in [-0.2, 0) is 16.1 Å². The molecule has 0 atom stereocenters. The third kappa shape index (κ3) is 5.15. The molecule has 0 heterocycles. The van der Waals surface area contributed by atoms with E-state index < -0.39 is 5.91 Å². The molecule has 5 heteroatoms. The van der Waals surface area contributed by atoms with Gasteiger partial charge in [0.15, 0.2) is 0 Å². The lowest BCUT2D eigenvalue weighted by molar-refractivity contribution is -0.129. The summed E-state index contributed by atoms with van der Waals surface area (Å²) in [5.74, 6) is -0.393. The summed E-state index contributed by atoms with van der Waals surface area (Å²) in [4.78, 5) is 10.8. The van der Waals surface area contributed by atoms with E-state index in [9.17, 15) is 4.79 Å². The molecule has 0 aromatic heterocycles. The highest BCUT2D eigenvalue weighted by Gasteiger charge is 2.00. The number of hydrogen-bond acceptors (Lipinski definition) is 3. The topological polar surface area (TPSA) is 58.6 Å². The van der Waals surface area contributed by atoms with Crippen LogP contribution in [0.4, 0.5) is 0 Å². The zero-order chi connectivity index (χ0) is 15.8. The second kappa shape index (κ2) is 8.54. The summed E-state index contributed by atoms with van der Waals surface area (Å²) in [5, 5.41) is 9.08. The zero-order valence-corrected chi connectivity index (χ0v) is 12.8. The molecule has 0 spiro atoms. The normalized spacial score (nSPS) is 10.5. The number of carbonyl (C=O) groups is 1. The Labute approximate surface area is 134 Å². The average molecular weight is 320 g/mol. The number of ether oxygens (including phenoxy) is 1. The molecule has 2 aromatic carbocycles. The van der Waals surface area contributed by atoms with Crippen molar-refractivity contribution in [1.82, 2.24) is 5.48 Å². The Hall–Kier alpha value is -1.88. The summed E-state index contributed by atoms with van der Waals surface area (Å²) in [6.07, 6.45) is 0.835. The standard InChI is InChI=1S/C17H18ClNO3/c18-16-9-7-15(8-10-16)14-5-3-13(4-6-14)12-22-11-1-2-17(20)19-21/h3-10,21H,1-2,11-12H2,(H,19,20). The molecule has 0 aliphatic carbocycles. The summed E-state index contributed by atoms with van der Waals surface area (Å²) in [7, 11) is 0. The first kappa shape index (κ1) is 16.5. The SMILES string of the molecule is O=C(CCCOCc1ccc(-c2ccc(Cl)cc2)cc1)NO. The van der Waals surface area contributed by atoms with Crippen LogP contribution in [0.5, 0.6) is 0 Å².